The molecule has 0 spiro atoms. The van der Waals surface area contributed by atoms with Crippen molar-refractivity contribution in [3.63, 3.8) is 0 Å². The van der Waals surface area contributed by atoms with E-state index < -0.39 is 0 Å². The third-order valence-electron chi connectivity index (χ3n) is 4.25. The molecule has 0 aromatic carbocycles. The highest BCUT2D eigenvalue weighted by molar-refractivity contribution is 5.37. The van der Waals surface area contributed by atoms with Gasteiger partial charge in [-0.15, -0.1) is 0 Å². The molecule has 0 aliphatic carbocycles. The SMILES string of the molecule is CC1(CO)CCCN(Cc2cc(=O)n3ccccc3n2)C1. The lowest BCUT2D eigenvalue weighted by Gasteiger charge is -2.39. The maximum atomic E-state index is 12.1. The van der Waals surface area contributed by atoms with Gasteiger partial charge in [-0.25, -0.2) is 4.98 Å². The van der Waals surface area contributed by atoms with E-state index in [0.717, 1.165) is 31.6 Å². The summed E-state index contributed by atoms with van der Waals surface area (Å²) < 4.78 is 1.55. The molecule has 2 aromatic rings. The van der Waals surface area contributed by atoms with Gasteiger partial charge in [-0.3, -0.25) is 14.1 Å². The first-order valence-electron chi connectivity index (χ1n) is 7.40. The molecule has 1 fully saturated rings. The molecule has 0 bridgehead atoms. The molecule has 5 heteroatoms. The average molecular weight is 287 g/mol. The van der Waals surface area contributed by atoms with Gasteiger partial charge >= 0.3 is 0 Å². The van der Waals surface area contributed by atoms with E-state index in [0.29, 0.717) is 12.2 Å². The Morgan fingerprint density at radius 2 is 2.29 bits per heavy atom. The summed E-state index contributed by atoms with van der Waals surface area (Å²) in [4.78, 5) is 18.9. The summed E-state index contributed by atoms with van der Waals surface area (Å²) in [5.74, 6) is 0. The minimum absolute atomic E-state index is 0.0376. The van der Waals surface area contributed by atoms with Gasteiger partial charge < -0.3 is 5.11 Å². The first-order valence-corrected chi connectivity index (χ1v) is 7.40. The van der Waals surface area contributed by atoms with Gasteiger partial charge in [0.2, 0.25) is 0 Å². The van der Waals surface area contributed by atoms with Gasteiger partial charge in [-0.2, -0.15) is 0 Å². The molecule has 1 atom stereocenters. The van der Waals surface area contributed by atoms with Crippen LogP contribution < -0.4 is 5.56 Å². The van der Waals surface area contributed by atoms with Crippen molar-refractivity contribution in [3.05, 3.63) is 46.5 Å². The Morgan fingerprint density at radius 1 is 1.43 bits per heavy atom. The molecule has 3 heterocycles. The van der Waals surface area contributed by atoms with Gasteiger partial charge in [0, 0.05) is 37.4 Å². The van der Waals surface area contributed by atoms with E-state index in [1.54, 1.807) is 16.7 Å². The normalized spacial score (nSPS) is 23.5. The van der Waals surface area contributed by atoms with Crippen LogP contribution in [-0.2, 0) is 6.54 Å². The highest BCUT2D eigenvalue weighted by Gasteiger charge is 2.30. The second-order valence-electron chi connectivity index (χ2n) is 6.30. The molecule has 2 aromatic heterocycles. The summed E-state index contributed by atoms with van der Waals surface area (Å²) in [6, 6.07) is 7.17. The van der Waals surface area contributed by atoms with Gasteiger partial charge in [0.05, 0.1) is 5.69 Å². The smallest absolute Gasteiger partial charge is 0.258 e. The maximum absolute atomic E-state index is 12.1. The van der Waals surface area contributed by atoms with Crippen LogP contribution in [0, 0.1) is 5.41 Å². The fourth-order valence-electron chi connectivity index (χ4n) is 3.10. The topological polar surface area (TPSA) is 57.8 Å². The number of pyridine rings is 1. The Balaban J connectivity index is 1.83. The third-order valence-corrected chi connectivity index (χ3v) is 4.25. The monoisotopic (exact) mass is 287 g/mol. The summed E-state index contributed by atoms with van der Waals surface area (Å²) in [6.45, 7) is 4.82. The highest BCUT2D eigenvalue weighted by atomic mass is 16.3. The number of aliphatic hydroxyl groups is 1. The third kappa shape index (κ3) is 2.99. The molecule has 21 heavy (non-hydrogen) atoms. The fourth-order valence-corrected chi connectivity index (χ4v) is 3.10. The van der Waals surface area contributed by atoms with E-state index in [1.807, 2.05) is 18.2 Å². The van der Waals surface area contributed by atoms with Crippen LogP contribution in [0.3, 0.4) is 0 Å². The largest absolute Gasteiger partial charge is 0.396 e. The second-order valence-corrected chi connectivity index (χ2v) is 6.30. The molecule has 1 saturated heterocycles. The van der Waals surface area contributed by atoms with Gasteiger partial charge in [0.15, 0.2) is 0 Å². The molecule has 0 radical (unpaired) electrons. The van der Waals surface area contributed by atoms with E-state index >= 15 is 0 Å². The zero-order valence-corrected chi connectivity index (χ0v) is 12.3. The van der Waals surface area contributed by atoms with Crippen LogP contribution in [0.15, 0.2) is 35.3 Å². The summed E-state index contributed by atoms with van der Waals surface area (Å²) >= 11 is 0. The fraction of sp³-hybridized carbons (Fsp3) is 0.500. The first-order chi connectivity index (χ1) is 10.1. The van der Waals surface area contributed by atoms with Crippen molar-refractivity contribution in [2.24, 2.45) is 5.41 Å². The van der Waals surface area contributed by atoms with Crippen molar-refractivity contribution in [2.45, 2.75) is 26.3 Å². The molecule has 112 valence electrons. The molecule has 0 amide bonds. The van der Waals surface area contributed by atoms with E-state index in [4.69, 9.17) is 0 Å². The summed E-state index contributed by atoms with van der Waals surface area (Å²) in [5, 5.41) is 9.52. The number of nitrogens with zero attached hydrogens (tertiary/aromatic N) is 3. The van der Waals surface area contributed by atoms with Crippen molar-refractivity contribution in [1.29, 1.82) is 0 Å². The number of hydrogen-bond acceptors (Lipinski definition) is 4. The number of rotatable bonds is 3. The first kappa shape index (κ1) is 14.2. The Labute approximate surface area is 123 Å². The van der Waals surface area contributed by atoms with Crippen LogP contribution in [-0.4, -0.2) is 39.1 Å². The van der Waals surface area contributed by atoms with Crippen molar-refractivity contribution >= 4 is 5.65 Å². The molecular weight excluding hydrogens is 266 g/mol. The molecule has 0 saturated carbocycles. The zero-order valence-electron chi connectivity index (χ0n) is 12.3. The molecular formula is C16H21N3O2. The van der Waals surface area contributed by atoms with E-state index in [2.05, 4.69) is 16.8 Å². The van der Waals surface area contributed by atoms with Crippen LogP contribution in [0.2, 0.25) is 0 Å². The molecule has 1 N–H and O–H groups in total. The Bertz CT molecular complexity index is 697. The summed E-state index contributed by atoms with van der Waals surface area (Å²) in [6.07, 6.45) is 3.86. The number of fused-ring (bicyclic) bond motifs is 1. The van der Waals surface area contributed by atoms with Gasteiger partial charge in [-0.05, 0) is 31.5 Å². The Kier molecular flexibility index (Phi) is 3.78. The van der Waals surface area contributed by atoms with E-state index in [-0.39, 0.29) is 17.6 Å². The standard InChI is InChI=1S/C16H21N3O2/c1-16(12-20)6-4-7-18(11-16)10-13-9-15(21)19-8-3-2-5-14(19)17-13/h2-3,5,8-9,20H,4,6-7,10-12H2,1H3. The minimum Gasteiger partial charge on any atom is -0.396 e. The van der Waals surface area contributed by atoms with Crippen LogP contribution in [0.4, 0.5) is 0 Å². The Hall–Kier alpha value is -1.72. The number of likely N-dealkylation sites (tertiary alicyclic amines) is 1. The van der Waals surface area contributed by atoms with Gasteiger partial charge in [0.25, 0.3) is 5.56 Å². The van der Waals surface area contributed by atoms with E-state index in [1.165, 1.54) is 0 Å². The lowest BCUT2D eigenvalue weighted by Crippen LogP contribution is -2.43. The molecule has 3 rings (SSSR count). The quantitative estimate of drug-likeness (QED) is 0.924. The van der Waals surface area contributed by atoms with Crippen molar-refractivity contribution < 1.29 is 5.11 Å². The van der Waals surface area contributed by atoms with Crippen LogP contribution >= 0.6 is 0 Å². The average Bonchev–Trinajstić information content (AvgIpc) is 2.47. The number of hydrogen-bond donors (Lipinski definition) is 1. The van der Waals surface area contributed by atoms with Gasteiger partial charge in [-0.1, -0.05) is 13.0 Å². The number of aromatic nitrogens is 2. The predicted octanol–water partition coefficient (Wildman–Crippen LogP) is 1.29. The van der Waals surface area contributed by atoms with Crippen molar-refractivity contribution in [3.8, 4) is 0 Å². The van der Waals surface area contributed by atoms with Crippen LogP contribution in [0.5, 0.6) is 0 Å². The predicted molar refractivity (Wildman–Crippen MR) is 81.2 cm³/mol. The molecule has 1 aliphatic heterocycles. The molecule has 1 aliphatic rings. The lowest BCUT2D eigenvalue weighted by molar-refractivity contribution is 0.0424. The maximum Gasteiger partial charge on any atom is 0.258 e. The second kappa shape index (κ2) is 5.58. The lowest BCUT2D eigenvalue weighted by atomic mass is 9.83. The van der Waals surface area contributed by atoms with Crippen LogP contribution in [0.1, 0.15) is 25.5 Å². The summed E-state index contributed by atoms with van der Waals surface area (Å²) in [5.41, 5.74) is 1.40. The van der Waals surface area contributed by atoms with Crippen molar-refractivity contribution in [1.82, 2.24) is 14.3 Å². The zero-order chi connectivity index (χ0) is 14.9. The highest BCUT2D eigenvalue weighted by Crippen LogP contribution is 2.29. The summed E-state index contributed by atoms with van der Waals surface area (Å²) in [7, 11) is 0. The molecule has 5 nitrogen and oxygen atoms in total. The van der Waals surface area contributed by atoms with E-state index in [9.17, 15) is 9.90 Å². The van der Waals surface area contributed by atoms with Crippen LogP contribution in [0.25, 0.3) is 5.65 Å². The van der Waals surface area contributed by atoms with Crippen molar-refractivity contribution in [2.75, 3.05) is 19.7 Å². The number of aliphatic hydroxyl groups excluding tert-OH is 1. The minimum atomic E-state index is -0.0440. The van der Waals surface area contributed by atoms with Gasteiger partial charge in [0.1, 0.15) is 5.65 Å². The number of piperidine rings is 1. The Morgan fingerprint density at radius 3 is 3.10 bits per heavy atom. The molecule has 1 unspecified atom stereocenters.